The Hall–Kier alpha value is -2.23. The summed E-state index contributed by atoms with van der Waals surface area (Å²) >= 11 is 0. The molecule has 0 spiro atoms. The van der Waals surface area contributed by atoms with Crippen molar-refractivity contribution in [2.24, 2.45) is 0 Å². The van der Waals surface area contributed by atoms with Gasteiger partial charge in [0.2, 0.25) is 5.75 Å². The predicted octanol–water partition coefficient (Wildman–Crippen LogP) is 10.8. The van der Waals surface area contributed by atoms with Crippen LogP contribution >= 0.6 is 0 Å². The van der Waals surface area contributed by atoms with Gasteiger partial charge in [0.15, 0.2) is 11.9 Å². The third-order valence-electron chi connectivity index (χ3n) is 8.88. The van der Waals surface area contributed by atoms with Crippen molar-refractivity contribution in [1.29, 1.82) is 0 Å². The molecule has 1 aliphatic heterocycles. The summed E-state index contributed by atoms with van der Waals surface area (Å²) in [5.41, 5.74) is 3.70. The van der Waals surface area contributed by atoms with Crippen molar-refractivity contribution >= 4 is 22.7 Å². The second-order valence-electron chi connectivity index (χ2n) is 12.2. The van der Waals surface area contributed by atoms with Crippen LogP contribution in [0.5, 0.6) is 11.5 Å². The summed E-state index contributed by atoms with van der Waals surface area (Å²) in [6.07, 6.45) is 34.0. The molecule has 2 heterocycles. The molecule has 0 saturated heterocycles. The predicted molar refractivity (Wildman–Crippen MR) is 177 cm³/mol. The minimum atomic E-state index is 0.816. The molecule has 1 aromatic heterocycles. The highest BCUT2D eigenvalue weighted by atomic mass is 16.5. The molecule has 4 heteroatoms. The summed E-state index contributed by atoms with van der Waals surface area (Å²) in [6.45, 7) is 6.66. The smallest absolute Gasteiger partial charge is 0.261 e. The molecular formula is C37H61N2O2+. The highest BCUT2D eigenvalue weighted by molar-refractivity contribution is 6.03. The molecule has 4 nitrogen and oxygen atoms in total. The normalized spacial score (nSPS) is 12.4. The number of aromatic nitrogens is 1. The number of benzene rings is 1. The molecule has 0 bridgehead atoms. The molecule has 230 valence electrons. The SMILES string of the molecule is CCCCCCCCCCCCN1C=Cc2cc(OC)c(OC)c3c2c1cc[n+]3CCCCCCCCCCCC. The second kappa shape index (κ2) is 19.8. The molecule has 41 heavy (non-hydrogen) atoms. The monoisotopic (exact) mass is 565 g/mol. The van der Waals surface area contributed by atoms with Crippen LogP contribution in [0.2, 0.25) is 0 Å². The first kappa shape index (κ1) is 33.3. The van der Waals surface area contributed by atoms with E-state index in [1.54, 1.807) is 14.2 Å². The van der Waals surface area contributed by atoms with Crippen molar-refractivity contribution in [3.05, 3.63) is 30.1 Å². The Morgan fingerprint density at radius 2 is 1.20 bits per heavy atom. The van der Waals surface area contributed by atoms with Crippen molar-refractivity contribution in [2.75, 3.05) is 25.7 Å². The van der Waals surface area contributed by atoms with Crippen molar-refractivity contribution < 1.29 is 14.0 Å². The van der Waals surface area contributed by atoms with Gasteiger partial charge in [0.05, 0.1) is 25.3 Å². The lowest BCUT2D eigenvalue weighted by atomic mass is 10.0. The van der Waals surface area contributed by atoms with Gasteiger partial charge in [-0.2, -0.15) is 4.57 Å². The lowest BCUT2D eigenvalue weighted by Crippen LogP contribution is -2.36. The fraction of sp³-hybridized carbons (Fsp3) is 0.703. The number of anilines is 1. The van der Waals surface area contributed by atoms with E-state index in [4.69, 9.17) is 9.47 Å². The van der Waals surface area contributed by atoms with Gasteiger partial charge in [0.1, 0.15) is 6.54 Å². The Balaban J connectivity index is 1.57. The first-order valence-corrected chi connectivity index (χ1v) is 17.3. The number of ether oxygens (including phenoxy) is 2. The highest BCUT2D eigenvalue weighted by Crippen LogP contribution is 2.42. The number of unbranched alkanes of at least 4 members (excludes halogenated alkanes) is 18. The van der Waals surface area contributed by atoms with Gasteiger partial charge in [-0.05, 0) is 30.5 Å². The summed E-state index contributed by atoms with van der Waals surface area (Å²) in [7, 11) is 3.52. The first-order valence-electron chi connectivity index (χ1n) is 17.3. The molecule has 0 amide bonds. The fourth-order valence-corrected chi connectivity index (χ4v) is 6.40. The second-order valence-corrected chi connectivity index (χ2v) is 12.2. The first-order chi connectivity index (χ1) is 20.2. The molecule has 1 aromatic carbocycles. The molecule has 1 aliphatic rings. The van der Waals surface area contributed by atoms with E-state index in [1.165, 1.54) is 151 Å². The zero-order valence-electron chi connectivity index (χ0n) is 27.2. The van der Waals surface area contributed by atoms with E-state index in [-0.39, 0.29) is 0 Å². The van der Waals surface area contributed by atoms with Gasteiger partial charge in [-0.25, -0.2) is 0 Å². The third-order valence-corrected chi connectivity index (χ3v) is 8.88. The summed E-state index contributed by atoms with van der Waals surface area (Å²) in [4.78, 5) is 2.46. The van der Waals surface area contributed by atoms with Crippen LogP contribution in [-0.4, -0.2) is 20.8 Å². The number of methoxy groups -OCH3 is 2. The zero-order chi connectivity index (χ0) is 29.1. The summed E-state index contributed by atoms with van der Waals surface area (Å²) in [5, 5.41) is 1.30. The lowest BCUT2D eigenvalue weighted by molar-refractivity contribution is -0.672. The molecule has 0 radical (unpaired) electrons. The van der Waals surface area contributed by atoms with Crippen LogP contribution in [0.4, 0.5) is 5.69 Å². The van der Waals surface area contributed by atoms with Gasteiger partial charge in [-0.3, -0.25) is 0 Å². The maximum absolute atomic E-state index is 5.98. The molecule has 0 fully saturated rings. The summed E-state index contributed by atoms with van der Waals surface area (Å²) < 4.78 is 14.2. The van der Waals surface area contributed by atoms with Gasteiger partial charge in [0, 0.05) is 25.2 Å². The number of hydrogen-bond acceptors (Lipinski definition) is 3. The maximum atomic E-state index is 5.98. The van der Waals surface area contributed by atoms with E-state index in [9.17, 15) is 0 Å². The van der Waals surface area contributed by atoms with Crippen molar-refractivity contribution in [3.8, 4) is 11.5 Å². The molecule has 2 aromatic rings. The van der Waals surface area contributed by atoms with Crippen LogP contribution in [0.3, 0.4) is 0 Å². The van der Waals surface area contributed by atoms with Crippen LogP contribution in [-0.2, 0) is 6.54 Å². The number of hydrogen-bond donors (Lipinski definition) is 0. The van der Waals surface area contributed by atoms with Gasteiger partial charge in [-0.15, -0.1) is 0 Å². The van der Waals surface area contributed by atoms with E-state index in [2.05, 4.69) is 53.9 Å². The quantitative estimate of drug-likeness (QED) is 0.0935. The average molecular weight is 566 g/mol. The Labute approximate surface area is 252 Å². The minimum absolute atomic E-state index is 0.816. The van der Waals surface area contributed by atoms with Gasteiger partial charge >= 0.3 is 0 Å². The van der Waals surface area contributed by atoms with Gasteiger partial charge in [-0.1, -0.05) is 123 Å². The fourth-order valence-electron chi connectivity index (χ4n) is 6.40. The largest absolute Gasteiger partial charge is 0.493 e. The van der Waals surface area contributed by atoms with Crippen LogP contribution in [0.15, 0.2) is 24.5 Å². The van der Waals surface area contributed by atoms with Crippen molar-refractivity contribution in [3.63, 3.8) is 0 Å². The van der Waals surface area contributed by atoms with Crippen LogP contribution in [0.1, 0.15) is 148 Å². The van der Waals surface area contributed by atoms with E-state index >= 15 is 0 Å². The molecule has 3 rings (SSSR count). The minimum Gasteiger partial charge on any atom is -0.493 e. The molecule has 0 atom stereocenters. The Morgan fingerprint density at radius 3 is 1.73 bits per heavy atom. The maximum Gasteiger partial charge on any atom is 0.261 e. The molecule has 0 aliphatic carbocycles. The summed E-state index contributed by atoms with van der Waals surface area (Å²) in [5.74, 6) is 1.67. The third kappa shape index (κ3) is 10.5. The van der Waals surface area contributed by atoms with Crippen molar-refractivity contribution in [2.45, 2.75) is 149 Å². The van der Waals surface area contributed by atoms with Gasteiger partial charge < -0.3 is 14.4 Å². The van der Waals surface area contributed by atoms with Crippen molar-refractivity contribution in [1.82, 2.24) is 0 Å². The average Bonchev–Trinajstić information content (AvgIpc) is 3.00. The van der Waals surface area contributed by atoms with E-state index < -0.39 is 0 Å². The molecular weight excluding hydrogens is 504 g/mol. The Kier molecular flexibility index (Phi) is 16.1. The number of pyridine rings is 1. The zero-order valence-corrected chi connectivity index (χ0v) is 27.2. The standard InChI is InChI=1S/C37H61N2O2/c1-5-7-9-11-13-15-17-19-21-23-27-38-29-25-32-31-34(40-3)37(41-4)36-35(32)33(38)26-30-39(36)28-24-22-20-18-16-14-12-10-8-6-2/h25-26,29-31H,5-24,27-28H2,1-4H3/q+1. The van der Waals surface area contributed by atoms with Crippen LogP contribution in [0.25, 0.3) is 17.0 Å². The lowest BCUT2D eigenvalue weighted by Gasteiger charge is -2.26. The summed E-state index contributed by atoms with van der Waals surface area (Å²) in [6, 6.07) is 4.47. The number of nitrogens with zero attached hydrogens (tertiary/aromatic N) is 2. The molecule has 0 unspecified atom stereocenters. The Morgan fingerprint density at radius 1 is 0.659 bits per heavy atom. The van der Waals surface area contributed by atoms with Crippen LogP contribution in [0, 0.1) is 0 Å². The van der Waals surface area contributed by atoms with Crippen LogP contribution < -0.4 is 18.9 Å². The van der Waals surface area contributed by atoms with E-state index in [1.807, 2.05) is 0 Å². The Bertz CT molecular complexity index is 1030. The van der Waals surface area contributed by atoms with E-state index in [0.717, 1.165) is 24.6 Å². The topological polar surface area (TPSA) is 25.6 Å². The molecule has 0 saturated carbocycles. The van der Waals surface area contributed by atoms with Gasteiger partial charge in [0.25, 0.3) is 5.52 Å². The number of rotatable bonds is 24. The number of aryl methyl sites for hydroxylation is 1. The van der Waals surface area contributed by atoms with E-state index in [0.29, 0.717) is 0 Å². The highest BCUT2D eigenvalue weighted by Gasteiger charge is 2.27. The molecule has 0 N–H and O–H groups in total.